The van der Waals surface area contributed by atoms with Gasteiger partial charge in [-0.05, 0) is 26.7 Å². The molecule has 1 aromatic rings. The second kappa shape index (κ2) is 4.24. The Morgan fingerprint density at radius 2 is 2.40 bits per heavy atom. The summed E-state index contributed by atoms with van der Waals surface area (Å²) in [6.07, 6.45) is 3.30. The number of aromatic nitrogens is 2. The van der Waals surface area contributed by atoms with E-state index >= 15 is 0 Å². The number of nitrogens with zero attached hydrogens (tertiary/aromatic N) is 2. The number of aryl methyl sites for hydroxylation is 1. The fourth-order valence-electron chi connectivity index (χ4n) is 1.84. The molecular weight excluding hydrogens is 192 g/mol. The summed E-state index contributed by atoms with van der Waals surface area (Å²) in [5.41, 5.74) is 1.63. The van der Waals surface area contributed by atoms with Crippen LogP contribution in [0.2, 0.25) is 0 Å². The molecule has 0 spiro atoms. The molecule has 1 aliphatic rings. The van der Waals surface area contributed by atoms with Gasteiger partial charge in [0.2, 0.25) is 0 Å². The van der Waals surface area contributed by atoms with Crippen molar-refractivity contribution in [1.82, 2.24) is 9.97 Å². The van der Waals surface area contributed by atoms with Gasteiger partial charge in [0, 0.05) is 24.1 Å². The lowest BCUT2D eigenvalue weighted by Gasteiger charge is -2.12. The molecule has 82 valence electrons. The second-order valence-electron chi connectivity index (χ2n) is 3.95. The highest BCUT2D eigenvalue weighted by Crippen LogP contribution is 2.26. The highest BCUT2D eigenvalue weighted by Gasteiger charge is 2.21. The Kier molecular flexibility index (Phi) is 2.98. The molecule has 2 heterocycles. The molecule has 0 aliphatic carbocycles. The third-order valence-electron chi connectivity index (χ3n) is 2.70. The summed E-state index contributed by atoms with van der Waals surface area (Å²) in [6, 6.07) is 0. The SMILES string of the molecule is Cc1nc(C2CCCO2)ncc1C(C)O. The first-order valence-corrected chi connectivity index (χ1v) is 5.31. The highest BCUT2D eigenvalue weighted by atomic mass is 16.5. The standard InChI is InChI=1S/C11H16N2O2/c1-7-9(8(2)14)6-12-11(13-7)10-4-3-5-15-10/h6,8,10,14H,3-5H2,1-2H3. The average molecular weight is 208 g/mol. The molecule has 0 bridgehead atoms. The van der Waals surface area contributed by atoms with E-state index in [1.165, 1.54) is 0 Å². The molecule has 1 aliphatic heterocycles. The Hall–Kier alpha value is -1.00. The first kappa shape index (κ1) is 10.5. The van der Waals surface area contributed by atoms with Crippen LogP contribution in [0.15, 0.2) is 6.20 Å². The fraction of sp³-hybridized carbons (Fsp3) is 0.636. The van der Waals surface area contributed by atoms with Gasteiger partial charge in [-0.2, -0.15) is 0 Å². The first-order valence-electron chi connectivity index (χ1n) is 5.31. The van der Waals surface area contributed by atoms with Crippen molar-refractivity contribution in [2.45, 2.75) is 38.9 Å². The quantitative estimate of drug-likeness (QED) is 0.803. The zero-order valence-electron chi connectivity index (χ0n) is 9.10. The van der Waals surface area contributed by atoms with Gasteiger partial charge in [-0.3, -0.25) is 0 Å². The van der Waals surface area contributed by atoms with Gasteiger partial charge >= 0.3 is 0 Å². The Bertz CT molecular complexity index is 346. The van der Waals surface area contributed by atoms with Gasteiger partial charge in [-0.1, -0.05) is 0 Å². The van der Waals surface area contributed by atoms with Gasteiger partial charge in [0.1, 0.15) is 6.10 Å². The predicted octanol–water partition coefficient (Wildman–Crippen LogP) is 1.69. The summed E-state index contributed by atoms with van der Waals surface area (Å²) in [4.78, 5) is 8.63. The van der Waals surface area contributed by atoms with Crippen molar-refractivity contribution in [3.05, 3.63) is 23.3 Å². The zero-order valence-corrected chi connectivity index (χ0v) is 9.10. The minimum Gasteiger partial charge on any atom is -0.389 e. The van der Waals surface area contributed by atoms with E-state index in [-0.39, 0.29) is 6.10 Å². The van der Waals surface area contributed by atoms with Crippen LogP contribution >= 0.6 is 0 Å². The topological polar surface area (TPSA) is 55.2 Å². The number of hydrogen-bond donors (Lipinski definition) is 1. The molecule has 1 aromatic heterocycles. The third kappa shape index (κ3) is 2.16. The largest absolute Gasteiger partial charge is 0.389 e. The van der Waals surface area contributed by atoms with E-state index < -0.39 is 6.10 Å². The van der Waals surface area contributed by atoms with Crippen LogP contribution in [0.3, 0.4) is 0 Å². The van der Waals surface area contributed by atoms with E-state index in [0.717, 1.165) is 36.5 Å². The Morgan fingerprint density at radius 3 is 2.93 bits per heavy atom. The summed E-state index contributed by atoms with van der Waals surface area (Å²) >= 11 is 0. The summed E-state index contributed by atoms with van der Waals surface area (Å²) in [6.45, 7) is 4.41. The molecule has 0 aromatic carbocycles. The Labute approximate surface area is 89.3 Å². The molecule has 4 heteroatoms. The van der Waals surface area contributed by atoms with Crippen molar-refractivity contribution in [1.29, 1.82) is 0 Å². The van der Waals surface area contributed by atoms with Gasteiger partial charge in [0.15, 0.2) is 5.82 Å². The van der Waals surface area contributed by atoms with Crippen LogP contribution in [-0.2, 0) is 4.74 Å². The van der Waals surface area contributed by atoms with Gasteiger partial charge in [0.05, 0.1) is 6.10 Å². The molecule has 2 unspecified atom stereocenters. The number of ether oxygens (including phenoxy) is 1. The van der Waals surface area contributed by atoms with Gasteiger partial charge < -0.3 is 9.84 Å². The average Bonchev–Trinajstić information content (AvgIpc) is 2.69. The maximum atomic E-state index is 9.45. The molecular formula is C11H16N2O2. The van der Waals surface area contributed by atoms with Crippen molar-refractivity contribution < 1.29 is 9.84 Å². The number of aliphatic hydroxyl groups excluding tert-OH is 1. The smallest absolute Gasteiger partial charge is 0.157 e. The van der Waals surface area contributed by atoms with Crippen molar-refractivity contribution in [2.75, 3.05) is 6.61 Å². The Morgan fingerprint density at radius 1 is 1.60 bits per heavy atom. The minimum atomic E-state index is -0.511. The van der Waals surface area contributed by atoms with Crippen LogP contribution in [0.4, 0.5) is 0 Å². The third-order valence-corrected chi connectivity index (χ3v) is 2.70. The van der Waals surface area contributed by atoms with Gasteiger partial charge in [0.25, 0.3) is 0 Å². The number of hydrogen-bond acceptors (Lipinski definition) is 4. The Balaban J connectivity index is 2.24. The van der Waals surface area contributed by atoms with E-state index in [9.17, 15) is 5.11 Å². The molecule has 15 heavy (non-hydrogen) atoms. The summed E-state index contributed by atoms with van der Waals surface area (Å²) < 4.78 is 5.51. The van der Waals surface area contributed by atoms with Crippen LogP contribution in [0.25, 0.3) is 0 Å². The van der Waals surface area contributed by atoms with Crippen molar-refractivity contribution >= 4 is 0 Å². The van der Waals surface area contributed by atoms with Crippen molar-refractivity contribution in [2.24, 2.45) is 0 Å². The van der Waals surface area contributed by atoms with E-state index in [1.807, 2.05) is 6.92 Å². The minimum absolute atomic E-state index is 0.0479. The first-order chi connectivity index (χ1) is 7.18. The van der Waals surface area contributed by atoms with E-state index in [1.54, 1.807) is 13.1 Å². The lowest BCUT2D eigenvalue weighted by molar-refractivity contribution is 0.104. The predicted molar refractivity (Wildman–Crippen MR) is 55.3 cm³/mol. The van der Waals surface area contributed by atoms with Crippen molar-refractivity contribution in [3.63, 3.8) is 0 Å². The summed E-state index contributed by atoms with van der Waals surface area (Å²) in [5, 5.41) is 9.45. The molecule has 2 rings (SSSR count). The second-order valence-corrected chi connectivity index (χ2v) is 3.95. The van der Waals surface area contributed by atoms with E-state index in [2.05, 4.69) is 9.97 Å². The normalized spacial score (nSPS) is 23.0. The molecule has 1 saturated heterocycles. The molecule has 1 fully saturated rings. The van der Waals surface area contributed by atoms with Crippen LogP contribution in [-0.4, -0.2) is 21.7 Å². The number of aliphatic hydroxyl groups is 1. The molecule has 0 radical (unpaired) electrons. The summed E-state index contributed by atoms with van der Waals surface area (Å²) in [7, 11) is 0. The van der Waals surface area contributed by atoms with E-state index in [0.29, 0.717) is 0 Å². The highest BCUT2D eigenvalue weighted by molar-refractivity contribution is 5.19. The molecule has 0 saturated carbocycles. The monoisotopic (exact) mass is 208 g/mol. The van der Waals surface area contributed by atoms with Gasteiger partial charge in [-0.25, -0.2) is 9.97 Å². The van der Waals surface area contributed by atoms with Crippen LogP contribution in [0, 0.1) is 6.92 Å². The lowest BCUT2D eigenvalue weighted by atomic mass is 10.1. The fourth-order valence-corrected chi connectivity index (χ4v) is 1.84. The maximum Gasteiger partial charge on any atom is 0.157 e. The van der Waals surface area contributed by atoms with Crippen LogP contribution < -0.4 is 0 Å². The van der Waals surface area contributed by atoms with E-state index in [4.69, 9.17) is 4.74 Å². The zero-order chi connectivity index (χ0) is 10.8. The van der Waals surface area contributed by atoms with Gasteiger partial charge in [-0.15, -0.1) is 0 Å². The van der Waals surface area contributed by atoms with Crippen LogP contribution in [0.5, 0.6) is 0 Å². The van der Waals surface area contributed by atoms with Crippen molar-refractivity contribution in [3.8, 4) is 0 Å². The number of rotatable bonds is 2. The lowest BCUT2D eigenvalue weighted by Crippen LogP contribution is -2.07. The molecule has 1 N–H and O–H groups in total. The molecule has 0 amide bonds. The molecule has 4 nitrogen and oxygen atoms in total. The molecule has 2 atom stereocenters. The van der Waals surface area contributed by atoms with Crippen LogP contribution in [0.1, 0.15) is 49.1 Å². The summed E-state index contributed by atoms with van der Waals surface area (Å²) in [5.74, 6) is 0.745. The maximum absolute atomic E-state index is 9.45.